The van der Waals surface area contributed by atoms with Crippen molar-refractivity contribution in [3.05, 3.63) is 77.0 Å². The molecule has 0 aliphatic rings. The second-order valence-corrected chi connectivity index (χ2v) is 4.88. The third-order valence-electron chi connectivity index (χ3n) is 2.89. The molecule has 21 heavy (non-hydrogen) atoms. The maximum atomic E-state index is 6.01. The molecule has 1 aromatic heterocycles. The van der Waals surface area contributed by atoms with Crippen LogP contribution in [0.4, 0.5) is 0 Å². The molecule has 0 spiro atoms. The first-order valence-electron chi connectivity index (χ1n) is 6.54. The van der Waals surface area contributed by atoms with E-state index in [1.165, 1.54) is 0 Å². The van der Waals surface area contributed by atoms with E-state index in [2.05, 4.69) is 10.2 Å². The Hall–Kier alpha value is -2.33. The number of nitrogens with zero attached hydrogens (tertiary/aromatic N) is 2. The summed E-state index contributed by atoms with van der Waals surface area (Å²) >= 11 is 6.01. The van der Waals surface area contributed by atoms with E-state index in [1.54, 1.807) is 12.1 Å². The molecular formula is C16H13ClN2O2. The Kier molecular flexibility index (Phi) is 4.17. The van der Waals surface area contributed by atoms with E-state index in [-0.39, 0.29) is 6.61 Å². The van der Waals surface area contributed by atoms with Gasteiger partial charge in [-0.05, 0) is 17.7 Å². The van der Waals surface area contributed by atoms with Gasteiger partial charge < -0.3 is 9.15 Å². The summed E-state index contributed by atoms with van der Waals surface area (Å²) in [6.07, 6.45) is 0.611. The van der Waals surface area contributed by atoms with Crippen LogP contribution in [-0.2, 0) is 13.0 Å². The van der Waals surface area contributed by atoms with Gasteiger partial charge in [0.25, 0.3) is 5.89 Å². The standard InChI is InChI=1S/C16H13ClN2O2/c17-13-8-4-5-9-14(13)20-11-16-19-18-15(21-16)10-12-6-2-1-3-7-12/h1-9H,10-11H2. The van der Waals surface area contributed by atoms with Gasteiger partial charge in [0.1, 0.15) is 5.75 Å². The molecule has 0 aliphatic carbocycles. The zero-order chi connectivity index (χ0) is 14.5. The van der Waals surface area contributed by atoms with Crippen LogP contribution in [0.1, 0.15) is 17.3 Å². The Balaban J connectivity index is 1.62. The molecule has 0 N–H and O–H groups in total. The average molecular weight is 301 g/mol. The Morgan fingerprint density at radius 3 is 2.43 bits per heavy atom. The molecule has 4 nitrogen and oxygen atoms in total. The van der Waals surface area contributed by atoms with Crippen molar-refractivity contribution in [3.63, 3.8) is 0 Å². The van der Waals surface area contributed by atoms with Gasteiger partial charge in [-0.2, -0.15) is 0 Å². The van der Waals surface area contributed by atoms with Crippen LogP contribution in [0.3, 0.4) is 0 Å². The predicted molar refractivity (Wildman–Crippen MR) is 79.3 cm³/mol. The summed E-state index contributed by atoms with van der Waals surface area (Å²) in [5.41, 5.74) is 1.12. The van der Waals surface area contributed by atoms with Crippen molar-refractivity contribution in [2.75, 3.05) is 0 Å². The van der Waals surface area contributed by atoms with Gasteiger partial charge in [-0.25, -0.2) is 0 Å². The van der Waals surface area contributed by atoms with Crippen molar-refractivity contribution in [3.8, 4) is 5.75 Å². The summed E-state index contributed by atoms with van der Waals surface area (Å²) in [5.74, 6) is 1.60. The highest BCUT2D eigenvalue weighted by atomic mass is 35.5. The van der Waals surface area contributed by atoms with Gasteiger partial charge in [-0.1, -0.05) is 54.1 Å². The number of ether oxygens (including phenoxy) is 1. The summed E-state index contributed by atoms with van der Waals surface area (Å²) in [6.45, 7) is 0.200. The van der Waals surface area contributed by atoms with Crippen molar-refractivity contribution in [2.24, 2.45) is 0 Å². The van der Waals surface area contributed by atoms with Crippen LogP contribution in [-0.4, -0.2) is 10.2 Å². The summed E-state index contributed by atoms with van der Waals surface area (Å²) in [5, 5.41) is 8.55. The minimum Gasteiger partial charge on any atom is -0.482 e. The van der Waals surface area contributed by atoms with Crippen molar-refractivity contribution in [2.45, 2.75) is 13.0 Å². The molecule has 0 bridgehead atoms. The van der Waals surface area contributed by atoms with Gasteiger partial charge in [0.2, 0.25) is 5.89 Å². The molecule has 106 valence electrons. The minimum atomic E-state index is 0.200. The first-order chi connectivity index (χ1) is 10.3. The lowest BCUT2D eigenvalue weighted by atomic mass is 10.2. The fourth-order valence-corrected chi connectivity index (χ4v) is 2.08. The Bertz CT molecular complexity index is 713. The van der Waals surface area contributed by atoms with E-state index in [1.807, 2.05) is 42.5 Å². The monoisotopic (exact) mass is 300 g/mol. The second kappa shape index (κ2) is 6.41. The molecule has 0 atom stereocenters. The molecule has 3 aromatic rings. The number of hydrogen-bond donors (Lipinski definition) is 0. The lowest BCUT2D eigenvalue weighted by Crippen LogP contribution is -1.96. The Labute approximate surface area is 127 Å². The maximum Gasteiger partial charge on any atom is 0.253 e. The molecule has 0 radical (unpaired) electrons. The third kappa shape index (κ3) is 3.61. The van der Waals surface area contributed by atoms with Crippen LogP contribution in [0.2, 0.25) is 5.02 Å². The molecule has 0 amide bonds. The fraction of sp³-hybridized carbons (Fsp3) is 0.125. The molecule has 5 heteroatoms. The zero-order valence-electron chi connectivity index (χ0n) is 11.2. The number of hydrogen-bond acceptors (Lipinski definition) is 4. The summed E-state index contributed by atoms with van der Waals surface area (Å²) in [6, 6.07) is 17.2. The maximum absolute atomic E-state index is 6.01. The van der Waals surface area contributed by atoms with Gasteiger partial charge >= 0.3 is 0 Å². The van der Waals surface area contributed by atoms with E-state index in [4.69, 9.17) is 20.8 Å². The largest absolute Gasteiger partial charge is 0.482 e. The quantitative estimate of drug-likeness (QED) is 0.717. The molecular weight excluding hydrogens is 288 g/mol. The highest BCUT2D eigenvalue weighted by Crippen LogP contribution is 2.23. The number of para-hydroxylation sites is 1. The van der Waals surface area contributed by atoms with Crippen LogP contribution >= 0.6 is 11.6 Å². The molecule has 2 aromatic carbocycles. The smallest absolute Gasteiger partial charge is 0.253 e. The highest BCUT2D eigenvalue weighted by molar-refractivity contribution is 6.32. The molecule has 0 saturated carbocycles. The van der Waals surface area contributed by atoms with Crippen LogP contribution < -0.4 is 4.74 Å². The Morgan fingerprint density at radius 2 is 1.62 bits per heavy atom. The molecule has 0 unspecified atom stereocenters. The van der Waals surface area contributed by atoms with Gasteiger partial charge in [-0.15, -0.1) is 10.2 Å². The molecule has 0 aliphatic heterocycles. The zero-order valence-corrected chi connectivity index (χ0v) is 12.0. The lowest BCUT2D eigenvalue weighted by Gasteiger charge is -2.04. The molecule has 0 saturated heterocycles. The van der Waals surface area contributed by atoms with Crippen molar-refractivity contribution >= 4 is 11.6 Å². The first kappa shape index (κ1) is 13.6. The average Bonchev–Trinajstić information content (AvgIpc) is 2.95. The van der Waals surface area contributed by atoms with Gasteiger partial charge in [-0.3, -0.25) is 0 Å². The second-order valence-electron chi connectivity index (χ2n) is 4.47. The van der Waals surface area contributed by atoms with E-state index < -0.39 is 0 Å². The molecule has 0 fully saturated rings. The summed E-state index contributed by atoms with van der Waals surface area (Å²) in [7, 11) is 0. The van der Waals surface area contributed by atoms with E-state index in [0.717, 1.165) is 5.56 Å². The predicted octanol–water partition coefficient (Wildman–Crippen LogP) is 3.89. The highest BCUT2D eigenvalue weighted by Gasteiger charge is 2.08. The number of halogens is 1. The van der Waals surface area contributed by atoms with Crippen LogP contribution in [0.15, 0.2) is 59.0 Å². The lowest BCUT2D eigenvalue weighted by molar-refractivity contribution is 0.259. The Morgan fingerprint density at radius 1 is 0.905 bits per heavy atom. The third-order valence-corrected chi connectivity index (χ3v) is 3.21. The molecule has 3 rings (SSSR count). The SMILES string of the molecule is Clc1ccccc1OCc1nnc(Cc2ccccc2)o1. The topological polar surface area (TPSA) is 48.2 Å². The van der Waals surface area contributed by atoms with Gasteiger partial charge in [0, 0.05) is 0 Å². The van der Waals surface area contributed by atoms with Crippen LogP contribution in [0, 0.1) is 0 Å². The van der Waals surface area contributed by atoms with Gasteiger partial charge in [0.05, 0.1) is 11.4 Å². The van der Waals surface area contributed by atoms with Crippen LogP contribution in [0.25, 0.3) is 0 Å². The van der Waals surface area contributed by atoms with E-state index in [9.17, 15) is 0 Å². The first-order valence-corrected chi connectivity index (χ1v) is 6.91. The van der Waals surface area contributed by atoms with E-state index >= 15 is 0 Å². The van der Waals surface area contributed by atoms with Crippen LogP contribution in [0.5, 0.6) is 5.75 Å². The number of benzene rings is 2. The van der Waals surface area contributed by atoms with Crippen molar-refractivity contribution in [1.29, 1.82) is 0 Å². The molecule has 1 heterocycles. The number of aromatic nitrogens is 2. The van der Waals surface area contributed by atoms with Crippen molar-refractivity contribution in [1.82, 2.24) is 10.2 Å². The van der Waals surface area contributed by atoms with Gasteiger partial charge in [0.15, 0.2) is 6.61 Å². The normalized spacial score (nSPS) is 10.5. The van der Waals surface area contributed by atoms with Crippen molar-refractivity contribution < 1.29 is 9.15 Å². The summed E-state index contributed by atoms with van der Waals surface area (Å²) in [4.78, 5) is 0. The van der Waals surface area contributed by atoms with E-state index in [0.29, 0.717) is 29.0 Å². The summed E-state index contributed by atoms with van der Waals surface area (Å²) < 4.78 is 11.1. The minimum absolute atomic E-state index is 0.200. The fourth-order valence-electron chi connectivity index (χ4n) is 1.89. The number of rotatable bonds is 5.